The van der Waals surface area contributed by atoms with Crippen LogP contribution in [-0.4, -0.2) is 45.0 Å². The van der Waals surface area contributed by atoms with Crippen LogP contribution in [0.15, 0.2) is 67.5 Å². The van der Waals surface area contributed by atoms with E-state index in [0.29, 0.717) is 30.4 Å². The summed E-state index contributed by atoms with van der Waals surface area (Å²) in [6, 6.07) is 13.1. The van der Waals surface area contributed by atoms with Crippen LogP contribution in [0.2, 0.25) is 0 Å². The number of hydrogen-bond acceptors (Lipinski definition) is 7. The Bertz CT molecular complexity index is 1170. The van der Waals surface area contributed by atoms with Gasteiger partial charge in [0.05, 0.1) is 5.56 Å². The molecule has 1 aliphatic rings. The third-order valence-electron chi connectivity index (χ3n) is 5.68. The molecule has 1 aliphatic heterocycles. The third-order valence-corrected chi connectivity index (χ3v) is 5.68. The zero-order valence-electron chi connectivity index (χ0n) is 18.5. The molecule has 0 radical (unpaired) electrons. The molecular formula is C25H26FN5O3. The number of benzene rings is 2. The number of likely N-dealkylation sites (tertiary alicyclic amines) is 1. The second-order valence-corrected chi connectivity index (χ2v) is 7.99. The van der Waals surface area contributed by atoms with Crippen molar-refractivity contribution in [1.29, 1.82) is 0 Å². The Morgan fingerprint density at radius 1 is 1.26 bits per heavy atom. The average Bonchev–Trinajstić information content (AvgIpc) is 2.84. The van der Waals surface area contributed by atoms with E-state index in [1.165, 1.54) is 24.5 Å². The lowest BCUT2D eigenvalue weighted by molar-refractivity contribution is -0.127. The first kappa shape index (κ1) is 23.2. The van der Waals surface area contributed by atoms with Crippen molar-refractivity contribution in [2.75, 3.05) is 24.1 Å². The number of anilines is 2. The number of nitrogens with one attached hydrogen (secondary N) is 1. The molecule has 4 rings (SSSR count). The van der Waals surface area contributed by atoms with Crippen molar-refractivity contribution >= 4 is 17.5 Å². The summed E-state index contributed by atoms with van der Waals surface area (Å²) in [4.78, 5) is 21.9. The van der Waals surface area contributed by atoms with Crippen LogP contribution in [0.5, 0.6) is 11.5 Å². The van der Waals surface area contributed by atoms with Gasteiger partial charge >= 0.3 is 0 Å². The Balaban J connectivity index is 1.56. The number of carbonyl (C=O) groups excluding carboxylic acids is 1. The van der Waals surface area contributed by atoms with Crippen molar-refractivity contribution < 1.29 is 19.0 Å². The number of halogens is 1. The Morgan fingerprint density at radius 3 is 2.79 bits per heavy atom. The van der Waals surface area contributed by atoms with E-state index in [1.54, 1.807) is 23.1 Å². The first-order valence-electron chi connectivity index (χ1n) is 10.9. The standard InChI is InChI=1S/C25H26FN5O3/c1-2-21(32)31-12-6-7-16(14-31)30-25-22(24(27)28-15-29-25)23(33)19-11-10-18(13-20(19)26)34-17-8-4-3-5-9-17/h2-5,8-11,13,15-16,23,33H,1,6-7,12,14H2,(H3,27,28,29,30). The number of nitrogens with zero attached hydrogens (tertiary/aromatic N) is 3. The molecule has 34 heavy (non-hydrogen) atoms. The summed E-state index contributed by atoms with van der Waals surface area (Å²) in [7, 11) is 0. The number of carbonyl (C=O) groups is 1. The molecule has 4 N–H and O–H groups in total. The number of para-hydroxylation sites is 1. The van der Waals surface area contributed by atoms with Crippen molar-refractivity contribution in [3.05, 3.63) is 84.5 Å². The van der Waals surface area contributed by atoms with E-state index < -0.39 is 11.9 Å². The average molecular weight is 464 g/mol. The lowest BCUT2D eigenvalue weighted by Crippen LogP contribution is -2.44. The minimum atomic E-state index is -1.41. The number of aliphatic hydroxyl groups is 1. The Morgan fingerprint density at radius 2 is 2.06 bits per heavy atom. The summed E-state index contributed by atoms with van der Waals surface area (Å²) in [6.45, 7) is 4.63. The van der Waals surface area contributed by atoms with Gasteiger partial charge in [0.15, 0.2) is 0 Å². The number of hydrogen-bond donors (Lipinski definition) is 3. The molecule has 2 heterocycles. The molecule has 8 nitrogen and oxygen atoms in total. The maximum absolute atomic E-state index is 15.0. The third kappa shape index (κ3) is 5.15. The molecule has 1 fully saturated rings. The number of piperidine rings is 1. The van der Waals surface area contributed by atoms with Gasteiger partial charge in [0, 0.05) is 30.8 Å². The molecule has 2 aromatic carbocycles. The molecule has 9 heteroatoms. The first-order chi connectivity index (χ1) is 16.5. The summed E-state index contributed by atoms with van der Waals surface area (Å²) < 4.78 is 20.7. The monoisotopic (exact) mass is 463 g/mol. The molecule has 3 aromatic rings. The summed E-state index contributed by atoms with van der Waals surface area (Å²) in [5, 5.41) is 14.3. The number of nitrogen functional groups attached to an aromatic ring is 1. The molecule has 2 atom stereocenters. The predicted octanol–water partition coefficient (Wildman–Crippen LogP) is 3.66. The van der Waals surface area contributed by atoms with Crippen LogP contribution in [0, 0.1) is 5.82 Å². The molecule has 0 spiro atoms. The smallest absolute Gasteiger partial charge is 0.246 e. The zero-order chi connectivity index (χ0) is 24.1. The van der Waals surface area contributed by atoms with Gasteiger partial charge in [-0.05, 0) is 43.2 Å². The first-order valence-corrected chi connectivity index (χ1v) is 10.9. The Kier molecular flexibility index (Phi) is 7.03. The van der Waals surface area contributed by atoms with Crippen LogP contribution in [-0.2, 0) is 4.79 Å². The van der Waals surface area contributed by atoms with Gasteiger partial charge in [-0.1, -0.05) is 24.8 Å². The van der Waals surface area contributed by atoms with Gasteiger partial charge < -0.3 is 25.8 Å². The number of ether oxygens (including phenoxy) is 1. The van der Waals surface area contributed by atoms with Gasteiger partial charge in [-0.2, -0.15) is 0 Å². The number of rotatable bonds is 7. The van der Waals surface area contributed by atoms with Crippen molar-refractivity contribution in [1.82, 2.24) is 14.9 Å². The number of amides is 1. The molecule has 176 valence electrons. The van der Waals surface area contributed by atoms with Crippen molar-refractivity contribution in [3.8, 4) is 11.5 Å². The van der Waals surface area contributed by atoms with Crippen LogP contribution in [0.25, 0.3) is 0 Å². The number of nitrogens with two attached hydrogens (primary N) is 1. The summed E-state index contributed by atoms with van der Waals surface area (Å²) in [5.74, 6) is 0.387. The van der Waals surface area contributed by atoms with Crippen LogP contribution in [0.1, 0.15) is 30.1 Å². The summed E-state index contributed by atoms with van der Waals surface area (Å²) >= 11 is 0. The van der Waals surface area contributed by atoms with E-state index >= 15 is 0 Å². The van der Waals surface area contributed by atoms with Crippen LogP contribution in [0.3, 0.4) is 0 Å². The number of aliphatic hydroxyl groups excluding tert-OH is 1. The van der Waals surface area contributed by atoms with Gasteiger partial charge in [-0.3, -0.25) is 4.79 Å². The highest BCUT2D eigenvalue weighted by Crippen LogP contribution is 2.34. The summed E-state index contributed by atoms with van der Waals surface area (Å²) in [5.41, 5.74) is 6.25. The lowest BCUT2D eigenvalue weighted by Gasteiger charge is -2.33. The lowest BCUT2D eigenvalue weighted by atomic mass is 10.00. The van der Waals surface area contributed by atoms with E-state index in [9.17, 15) is 14.3 Å². The summed E-state index contributed by atoms with van der Waals surface area (Å²) in [6.07, 6.45) is 2.74. The molecule has 1 saturated heterocycles. The van der Waals surface area contributed by atoms with E-state index in [1.807, 2.05) is 18.2 Å². The van der Waals surface area contributed by atoms with Gasteiger partial charge in [0.2, 0.25) is 5.91 Å². The molecule has 0 saturated carbocycles. The van der Waals surface area contributed by atoms with Gasteiger partial charge in [0.1, 0.15) is 41.4 Å². The molecule has 2 unspecified atom stereocenters. The minimum Gasteiger partial charge on any atom is -0.457 e. The maximum Gasteiger partial charge on any atom is 0.246 e. The molecule has 1 aromatic heterocycles. The Labute approximate surface area is 196 Å². The quantitative estimate of drug-likeness (QED) is 0.458. The van der Waals surface area contributed by atoms with E-state index in [-0.39, 0.29) is 28.9 Å². The van der Waals surface area contributed by atoms with Gasteiger partial charge in [0.25, 0.3) is 0 Å². The van der Waals surface area contributed by atoms with Crippen molar-refractivity contribution in [2.45, 2.75) is 25.0 Å². The van der Waals surface area contributed by atoms with Crippen LogP contribution >= 0.6 is 0 Å². The fraction of sp³-hybridized carbons (Fsp3) is 0.240. The van der Waals surface area contributed by atoms with Crippen molar-refractivity contribution in [3.63, 3.8) is 0 Å². The maximum atomic E-state index is 15.0. The fourth-order valence-electron chi connectivity index (χ4n) is 3.98. The Hall–Kier alpha value is -3.98. The molecule has 1 amide bonds. The minimum absolute atomic E-state index is 0.0112. The van der Waals surface area contributed by atoms with Crippen molar-refractivity contribution in [2.24, 2.45) is 0 Å². The van der Waals surface area contributed by atoms with Crippen LogP contribution in [0.4, 0.5) is 16.0 Å². The SMILES string of the molecule is C=CC(=O)N1CCCC(Nc2ncnc(N)c2C(O)c2ccc(Oc3ccccc3)cc2F)C1. The highest BCUT2D eigenvalue weighted by Gasteiger charge is 2.27. The fourth-order valence-corrected chi connectivity index (χ4v) is 3.98. The highest BCUT2D eigenvalue weighted by molar-refractivity contribution is 5.87. The highest BCUT2D eigenvalue weighted by atomic mass is 19.1. The predicted molar refractivity (Wildman–Crippen MR) is 127 cm³/mol. The van der Waals surface area contributed by atoms with Crippen LogP contribution < -0.4 is 15.8 Å². The normalized spacial score (nSPS) is 16.5. The topological polar surface area (TPSA) is 114 Å². The second kappa shape index (κ2) is 10.3. The molecular weight excluding hydrogens is 437 g/mol. The van der Waals surface area contributed by atoms with E-state index in [2.05, 4.69) is 21.9 Å². The van der Waals surface area contributed by atoms with Gasteiger partial charge in [-0.15, -0.1) is 0 Å². The van der Waals surface area contributed by atoms with E-state index in [4.69, 9.17) is 10.5 Å². The zero-order valence-corrected chi connectivity index (χ0v) is 18.5. The molecule has 0 aliphatic carbocycles. The largest absolute Gasteiger partial charge is 0.457 e. The molecule has 0 bridgehead atoms. The number of aromatic nitrogens is 2. The van der Waals surface area contributed by atoms with Gasteiger partial charge in [-0.25, -0.2) is 14.4 Å². The second-order valence-electron chi connectivity index (χ2n) is 7.99. The van der Waals surface area contributed by atoms with E-state index in [0.717, 1.165) is 12.8 Å².